The zero-order chi connectivity index (χ0) is 3.41. The summed E-state index contributed by atoms with van der Waals surface area (Å²) in [4.78, 5) is 0. The van der Waals surface area contributed by atoms with Gasteiger partial charge in [-0.05, 0) is 0 Å². The second-order valence-corrected chi connectivity index (χ2v) is 1.000. The molecule has 0 spiro atoms. The molecule has 0 heteroatoms. The number of unbranched alkanes of at least 4 members (excludes halogenated alkanes) is 1. The molecule has 0 rings (SSSR count). The van der Waals surface area contributed by atoms with Crippen LogP contribution in [0.1, 0.15) is 26.7 Å². The van der Waals surface area contributed by atoms with E-state index in [9.17, 15) is 0 Å². The topological polar surface area (TPSA) is 0 Å². The van der Waals surface area contributed by atoms with Crippen molar-refractivity contribution in [3.63, 3.8) is 0 Å². The molecule has 0 fully saturated rings. The fourth-order valence-corrected chi connectivity index (χ4v) is 0. The fourth-order valence-electron chi connectivity index (χ4n) is 0. The van der Waals surface area contributed by atoms with Crippen LogP contribution in [0.4, 0.5) is 0 Å². The lowest BCUT2D eigenvalue weighted by molar-refractivity contribution is 0.886. The molecule has 0 heterocycles. The van der Waals surface area contributed by atoms with E-state index in [1.54, 1.807) is 0 Å². The summed E-state index contributed by atoms with van der Waals surface area (Å²) in [6.07, 6.45) is 2.64. The van der Waals surface area contributed by atoms with Crippen molar-refractivity contribution in [3.8, 4) is 0 Å². The van der Waals surface area contributed by atoms with Crippen LogP contribution in [0.2, 0.25) is 0 Å². The average molecular weight is 73.2 g/mol. The van der Waals surface area contributed by atoms with Crippen molar-refractivity contribution in [3.05, 3.63) is 7.43 Å². The Morgan fingerprint density at radius 3 is 1.20 bits per heavy atom. The van der Waals surface area contributed by atoms with Gasteiger partial charge in [0.25, 0.3) is 0 Å². The zero-order valence-corrected chi connectivity index (χ0v) is 4.41. The van der Waals surface area contributed by atoms with Gasteiger partial charge in [-0.15, -0.1) is 0 Å². The van der Waals surface area contributed by atoms with E-state index in [-0.39, 0.29) is 7.43 Å². The molecule has 0 aliphatic heterocycles. The fraction of sp³-hybridized carbons (Fsp3) is 0.800. The zero-order valence-electron chi connectivity index (χ0n) is 4.41. The maximum absolute atomic E-state index is 2.18. The van der Waals surface area contributed by atoms with Crippen LogP contribution in [-0.2, 0) is 0 Å². The molecule has 0 atom stereocenters. The molecule has 0 aliphatic carbocycles. The van der Waals surface area contributed by atoms with Crippen molar-refractivity contribution in [1.29, 1.82) is 0 Å². The summed E-state index contributed by atoms with van der Waals surface area (Å²) >= 11 is 0. The molecule has 5 heavy (non-hydrogen) atoms. The molecule has 0 unspecified atom stereocenters. The van der Waals surface area contributed by atoms with Crippen LogP contribution in [-0.4, -0.2) is 0 Å². The van der Waals surface area contributed by atoms with Crippen molar-refractivity contribution >= 4 is 0 Å². The molecular formula is C5H13. The van der Waals surface area contributed by atoms with Crippen molar-refractivity contribution in [2.45, 2.75) is 26.7 Å². The summed E-state index contributed by atoms with van der Waals surface area (Å²) in [6, 6.07) is 0. The van der Waals surface area contributed by atoms with Crippen LogP contribution in [0, 0.1) is 7.43 Å². The molecule has 0 nitrogen and oxygen atoms in total. The highest BCUT2D eigenvalue weighted by atomic mass is 13.6. The highest BCUT2D eigenvalue weighted by Crippen LogP contribution is 1.76. The highest BCUT2D eigenvalue weighted by molar-refractivity contribution is 4.12. The Balaban J connectivity index is 0. The van der Waals surface area contributed by atoms with Gasteiger partial charge in [0.15, 0.2) is 0 Å². The predicted octanol–water partition coefficient (Wildman–Crippen LogP) is 2.26. The van der Waals surface area contributed by atoms with Gasteiger partial charge < -0.3 is 0 Å². The first-order chi connectivity index (χ1) is 1.91. The molecule has 0 N–H and O–H groups in total. The van der Waals surface area contributed by atoms with E-state index < -0.39 is 0 Å². The van der Waals surface area contributed by atoms with E-state index in [4.69, 9.17) is 0 Å². The van der Waals surface area contributed by atoms with Crippen molar-refractivity contribution < 1.29 is 0 Å². The highest BCUT2D eigenvalue weighted by Gasteiger charge is 1.56. The van der Waals surface area contributed by atoms with E-state index in [0.717, 1.165) is 0 Å². The Labute approximate surface area is 35.2 Å². The molecule has 0 bridgehead atoms. The molecule has 1 radical (unpaired) electrons. The number of hydrogen-bond donors (Lipinski definition) is 0. The van der Waals surface area contributed by atoms with E-state index >= 15 is 0 Å². The van der Waals surface area contributed by atoms with Gasteiger partial charge >= 0.3 is 0 Å². The van der Waals surface area contributed by atoms with Crippen molar-refractivity contribution in [1.82, 2.24) is 0 Å². The lowest BCUT2D eigenvalue weighted by Gasteiger charge is -1.68. The van der Waals surface area contributed by atoms with Gasteiger partial charge in [0, 0.05) is 0 Å². The summed E-state index contributed by atoms with van der Waals surface area (Å²) < 4.78 is 0. The maximum Gasteiger partial charge on any atom is -0.0564 e. The predicted molar refractivity (Wildman–Crippen MR) is 27.0 cm³/mol. The lowest BCUT2D eigenvalue weighted by atomic mass is 10.4. The largest absolute Gasteiger partial charge is 0.0683 e. The van der Waals surface area contributed by atoms with E-state index in [0.29, 0.717) is 0 Å². The van der Waals surface area contributed by atoms with Crippen LogP contribution >= 0.6 is 0 Å². The minimum atomic E-state index is 0. The minimum Gasteiger partial charge on any atom is -0.0683 e. The Hall–Kier alpha value is 0. The van der Waals surface area contributed by atoms with Gasteiger partial charge in [0.2, 0.25) is 0 Å². The summed E-state index contributed by atoms with van der Waals surface area (Å²) in [5.74, 6) is 0. The average Bonchev–Trinajstić information content (AvgIpc) is 1.37. The first-order valence-corrected chi connectivity index (χ1v) is 1.91. The third kappa shape index (κ3) is 16.0. The van der Waals surface area contributed by atoms with E-state index in [1.807, 2.05) is 0 Å². The molecule has 0 saturated carbocycles. The molecule has 0 saturated heterocycles. The first-order valence-electron chi connectivity index (χ1n) is 1.91. The van der Waals surface area contributed by atoms with Gasteiger partial charge in [-0.1, -0.05) is 34.1 Å². The third-order valence-electron chi connectivity index (χ3n) is 0.500. The van der Waals surface area contributed by atoms with Crippen LogP contribution in [0.5, 0.6) is 0 Å². The van der Waals surface area contributed by atoms with Gasteiger partial charge in [0.1, 0.15) is 0 Å². The van der Waals surface area contributed by atoms with Crippen molar-refractivity contribution in [2.75, 3.05) is 0 Å². The number of hydrogen-bond acceptors (Lipinski definition) is 0. The second-order valence-electron chi connectivity index (χ2n) is 1.000. The Morgan fingerprint density at radius 2 is 1.20 bits per heavy atom. The normalized spacial score (nSPS) is 6.00. The van der Waals surface area contributed by atoms with Crippen LogP contribution in [0.3, 0.4) is 0 Å². The van der Waals surface area contributed by atoms with E-state index in [1.165, 1.54) is 12.8 Å². The molecule has 0 aromatic rings. The monoisotopic (exact) mass is 73.1 g/mol. The third-order valence-corrected chi connectivity index (χ3v) is 0.500. The molecule has 0 aliphatic rings. The molecular weight excluding hydrogens is 60.1 g/mol. The Bertz CT molecular complexity index is 2.00. The molecule has 0 aromatic heterocycles. The second kappa shape index (κ2) is 9.00. The smallest absolute Gasteiger partial charge is 0.0564 e. The van der Waals surface area contributed by atoms with Crippen LogP contribution in [0.15, 0.2) is 0 Å². The van der Waals surface area contributed by atoms with Crippen molar-refractivity contribution in [2.24, 2.45) is 0 Å². The number of rotatable bonds is 1. The minimum absolute atomic E-state index is 0. The Morgan fingerprint density at radius 1 is 1.00 bits per heavy atom. The molecule has 33 valence electrons. The van der Waals surface area contributed by atoms with Crippen LogP contribution < -0.4 is 0 Å². The lowest BCUT2D eigenvalue weighted by Crippen LogP contribution is -1.47. The molecule has 0 aromatic carbocycles. The summed E-state index contributed by atoms with van der Waals surface area (Å²) in [6.45, 7) is 4.36. The summed E-state index contributed by atoms with van der Waals surface area (Å²) in [7, 11) is 0. The van der Waals surface area contributed by atoms with E-state index in [2.05, 4.69) is 13.8 Å². The van der Waals surface area contributed by atoms with Gasteiger partial charge in [-0.2, -0.15) is 0 Å². The Kier molecular flexibility index (Phi) is 16.0. The van der Waals surface area contributed by atoms with Gasteiger partial charge in [-0.25, -0.2) is 0 Å². The summed E-state index contributed by atoms with van der Waals surface area (Å²) in [5, 5.41) is 0. The first kappa shape index (κ1) is 8.89. The maximum atomic E-state index is 2.18. The standard InChI is InChI=1S/C4H10.CH3/c1-3-4-2;/h3-4H2,1-2H3;1H3. The summed E-state index contributed by atoms with van der Waals surface area (Å²) in [5.41, 5.74) is 0. The van der Waals surface area contributed by atoms with Gasteiger partial charge in [0.05, 0.1) is 0 Å². The molecule has 0 amide bonds. The quantitative estimate of drug-likeness (QED) is 0.446. The SMILES string of the molecule is CCCC.[CH3]. The van der Waals surface area contributed by atoms with Crippen LogP contribution in [0.25, 0.3) is 0 Å². The van der Waals surface area contributed by atoms with Gasteiger partial charge in [-0.3, -0.25) is 0 Å².